The van der Waals surface area contributed by atoms with Gasteiger partial charge in [-0.3, -0.25) is 9.59 Å². The van der Waals surface area contributed by atoms with E-state index in [2.05, 4.69) is 160 Å². The number of ether oxygens (including phenoxy) is 2. The van der Waals surface area contributed by atoms with Crippen LogP contribution in [0.4, 0.5) is 0 Å². The summed E-state index contributed by atoms with van der Waals surface area (Å²) in [6, 6.07) is 0. The van der Waals surface area contributed by atoms with Crippen LogP contribution >= 0.6 is 0 Å². The van der Waals surface area contributed by atoms with Crippen molar-refractivity contribution in [3.8, 4) is 0 Å². The molecule has 0 fully saturated rings. The maximum Gasteiger partial charge on any atom is 0.306 e. The first kappa shape index (κ1) is 75.8. The smallest absolute Gasteiger partial charge is 0.306 e. The van der Waals surface area contributed by atoms with E-state index in [1.807, 2.05) is 0 Å². The number of unbranched alkanes of at least 4 members (excludes halogenated alkanes) is 28. The topological polar surface area (TPSA) is 72.8 Å². The number of allylic oxidation sites excluding steroid dienone is 24. The third-order valence-corrected chi connectivity index (χ3v) is 14.1. The molecule has 5 nitrogen and oxygen atoms in total. The molecule has 0 aliphatic rings. The molecule has 0 aliphatic carbocycles. The summed E-state index contributed by atoms with van der Waals surface area (Å²) in [5, 5.41) is 9.68. The third kappa shape index (κ3) is 66.3. The highest BCUT2D eigenvalue weighted by Crippen LogP contribution is 2.17. The van der Waals surface area contributed by atoms with E-state index in [-0.39, 0.29) is 25.2 Å². The number of carbonyl (C=O) groups excluding carboxylic acids is 2. The minimum absolute atomic E-state index is 0.0901. The molecule has 0 saturated carbocycles. The van der Waals surface area contributed by atoms with Gasteiger partial charge in [0.2, 0.25) is 0 Å². The average molecular weight is 1110 g/mol. The molecule has 0 heterocycles. The van der Waals surface area contributed by atoms with Crippen molar-refractivity contribution in [1.82, 2.24) is 0 Å². The lowest BCUT2D eigenvalue weighted by Gasteiger charge is -2.15. The van der Waals surface area contributed by atoms with Crippen molar-refractivity contribution in [2.45, 2.75) is 302 Å². The second-order valence-electron chi connectivity index (χ2n) is 21.8. The van der Waals surface area contributed by atoms with Gasteiger partial charge < -0.3 is 14.6 Å². The summed E-state index contributed by atoms with van der Waals surface area (Å²) in [7, 11) is 0. The summed E-state index contributed by atoms with van der Waals surface area (Å²) in [6.45, 7) is 4.00. The normalized spacial score (nSPS) is 13.2. The summed E-state index contributed by atoms with van der Waals surface area (Å²) in [6.07, 6.45) is 104. The van der Waals surface area contributed by atoms with Crippen molar-refractivity contribution >= 4 is 11.9 Å². The molecule has 0 aromatic rings. The molecule has 0 amide bonds. The third-order valence-electron chi connectivity index (χ3n) is 14.1. The molecular formula is C75H124O5. The molecule has 0 bridgehead atoms. The minimum atomic E-state index is -0.806. The number of carbonyl (C=O) groups is 2. The molecule has 0 spiro atoms. The molecule has 0 rings (SSSR count). The summed E-state index contributed by atoms with van der Waals surface area (Å²) >= 11 is 0. The van der Waals surface area contributed by atoms with Crippen LogP contribution in [-0.2, 0) is 19.1 Å². The van der Waals surface area contributed by atoms with Crippen molar-refractivity contribution < 1.29 is 24.2 Å². The molecular weight excluding hydrogens is 981 g/mol. The van der Waals surface area contributed by atoms with Gasteiger partial charge in [-0.05, 0) is 122 Å². The van der Waals surface area contributed by atoms with Crippen LogP contribution < -0.4 is 0 Å². The summed E-state index contributed by atoms with van der Waals surface area (Å²) < 4.78 is 10.7. The van der Waals surface area contributed by atoms with Gasteiger partial charge in [-0.1, -0.05) is 307 Å². The van der Waals surface area contributed by atoms with E-state index in [1.54, 1.807) is 0 Å². The van der Waals surface area contributed by atoms with E-state index in [4.69, 9.17) is 9.47 Å². The zero-order chi connectivity index (χ0) is 57.6. The van der Waals surface area contributed by atoms with Crippen LogP contribution in [0.1, 0.15) is 296 Å². The van der Waals surface area contributed by atoms with Crippen molar-refractivity contribution in [3.63, 3.8) is 0 Å². The Morgan fingerprint density at radius 2 is 0.537 bits per heavy atom. The van der Waals surface area contributed by atoms with Crippen LogP contribution in [-0.4, -0.2) is 36.4 Å². The lowest BCUT2D eigenvalue weighted by molar-refractivity contribution is -0.161. The second kappa shape index (κ2) is 69.1. The van der Waals surface area contributed by atoms with Gasteiger partial charge in [0.15, 0.2) is 6.10 Å². The lowest BCUT2D eigenvalue weighted by atomic mass is 10.0. The van der Waals surface area contributed by atoms with Gasteiger partial charge in [-0.15, -0.1) is 0 Å². The Balaban J connectivity index is 3.58. The fraction of sp³-hybridized carbons (Fsp3) is 0.653. The minimum Gasteiger partial charge on any atom is -0.462 e. The van der Waals surface area contributed by atoms with E-state index in [9.17, 15) is 14.7 Å². The maximum absolute atomic E-state index is 12.3. The Morgan fingerprint density at radius 1 is 0.300 bits per heavy atom. The zero-order valence-corrected chi connectivity index (χ0v) is 52.0. The van der Waals surface area contributed by atoms with Gasteiger partial charge in [-0.25, -0.2) is 0 Å². The maximum atomic E-state index is 12.3. The number of aliphatic hydroxyl groups excluding tert-OH is 1. The standard InChI is InChI=1S/C75H124O5/c1-3-5-7-9-11-13-15-17-19-21-23-25-27-29-31-33-35-37-39-41-43-45-47-49-51-53-55-57-59-61-63-65-67-69-74(77)79-72-73(71-76)80-75(78)70-68-66-64-62-60-58-56-54-52-50-48-46-44-42-40-38-36-34-32-30-28-26-24-22-20-18-16-14-12-10-8-6-4-2/h6,8,12,14-15,17-18,20-21,23-24,26,30,32,36,38,42,44,48,50,54,56,60,62,73,76H,3-5,7,9-11,13,16,19,22,25,27-29,31,33-35,37,39-41,43,45-47,49,51-53,55,57-59,61,63-72H2,1-2H3/b8-6-,14-12-,17-15-,20-18-,23-21-,26-24-,32-30-,38-36-,44-42-,50-48-,56-54-,62-60-. The second-order valence-corrected chi connectivity index (χ2v) is 21.8. The number of aliphatic hydroxyl groups is 1. The molecule has 0 aromatic carbocycles. The van der Waals surface area contributed by atoms with Gasteiger partial charge in [0.1, 0.15) is 6.61 Å². The van der Waals surface area contributed by atoms with Crippen molar-refractivity contribution in [3.05, 3.63) is 146 Å². The lowest BCUT2D eigenvalue weighted by Crippen LogP contribution is -2.28. The fourth-order valence-corrected chi connectivity index (χ4v) is 9.14. The van der Waals surface area contributed by atoms with E-state index in [0.717, 1.165) is 109 Å². The van der Waals surface area contributed by atoms with Crippen LogP contribution in [0.25, 0.3) is 0 Å². The first-order chi connectivity index (χ1) is 39.6. The Labute approximate surface area is 495 Å². The van der Waals surface area contributed by atoms with Crippen molar-refractivity contribution in [2.75, 3.05) is 13.2 Å². The van der Waals surface area contributed by atoms with Gasteiger partial charge in [0.05, 0.1) is 6.61 Å². The van der Waals surface area contributed by atoms with Gasteiger partial charge in [0.25, 0.3) is 0 Å². The molecule has 80 heavy (non-hydrogen) atoms. The molecule has 1 atom stereocenters. The molecule has 0 aliphatic heterocycles. The number of esters is 2. The highest BCUT2D eigenvalue weighted by molar-refractivity contribution is 5.70. The monoisotopic (exact) mass is 1100 g/mol. The van der Waals surface area contributed by atoms with E-state index >= 15 is 0 Å². The molecule has 454 valence electrons. The van der Waals surface area contributed by atoms with E-state index < -0.39 is 6.10 Å². The number of hydrogen-bond acceptors (Lipinski definition) is 5. The van der Waals surface area contributed by atoms with Crippen LogP contribution in [0, 0.1) is 0 Å². The molecule has 0 saturated heterocycles. The predicted molar refractivity (Wildman–Crippen MR) is 352 cm³/mol. The quantitative estimate of drug-likeness (QED) is 0.0373. The first-order valence-electron chi connectivity index (χ1n) is 33.4. The first-order valence-corrected chi connectivity index (χ1v) is 33.4. The van der Waals surface area contributed by atoms with Crippen LogP contribution in [0.3, 0.4) is 0 Å². The van der Waals surface area contributed by atoms with Crippen LogP contribution in [0.15, 0.2) is 146 Å². The largest absolute Gasteiger partial charge is 0.462 e. The SMILES string of the molecule is CC/C=C\C/C=C\C/C=C\C/C=C\C/C=C\C/C=C\C/C=C\C/C=C\C/C=C\C/C=C\CCCCC(=O)OC(CO)COC(=O)CCCCCCCCCCCCCCCCCCCCCCC/C=C\C/C=C\CCCCCCC. The summed E-state index contributed by atoms with van der Waals surface area (Å²) in [5.74, 6) is -0.642. The molecule has 1 unspecified atom stereocenters. The number of hydrogen-bond donors (Lipinski definition) is 1. The highest BCUT2D eigenvalue weighted by Gasteiger charge is 2.16. The van der Waals surface area contributed by atoms with Gasteiger partial charge in [-0.2, -0.15) is 0 Å². The molecule has 5 heteroatoms. The van der Waals surface area contributed by atoms with Crippen molar-refractivity contribution in [1.29, 1.82) is 0 Å². The summed E-state index contributed by atoms with van der Waals surface area (Å²) in [5.41, 5.74) is 0. The predicted octanol–water partition coefficient (Wildman–Crippen LogP) is 23.3. The zero-order valence-electron chi connectivity index (χ0n) is 52.0. The molecule has 1 N–H and O–H groups in total. The summed E-state index contributed by atoms with van der Waals surface area (Å²) in [4.78, 5) is 24.6. The fourth-order valence-electron chi connectivity index (χ4n) is 9.14. The van der Waals surface area contributed by atoms with E-state index in [0.29, 0.717) is 12.8 Å². The molecule has 0 radical (unpaired) electrons. The van der Waals surface area contributed by atoms with E-state index in [1.165, 1.54) is 161 Å². The molecule has 0 aromatic heterocycles. The average Bonchev–Trinajstić information content (AvgIpc) is 3.46. The van der Waals surface area contributed by atoms with Crippen molar-refractivity contribution in [2.24, 2.45) is 0 Å². The van der Waals surface area contributed by atoms with Crippen LogP contribution in [0.5, 0.6) is 0 Å². The Kier molecular flexibility index (Phi) is 65.4. The van der Waals surface area contributed by atoms with Gasteiger partial charge in [0, 0.05) is 12.8 Å². The highest BCUT2D eigenvalue weighted by atomic mass is 16.6. The van der Waals surface area contributed by atoms with Crippen LogP contribution in [0.2, 0.25) is 0 Å². The Morgan fingerprint density at radius 3 is 0.838 bits per heavy atom. The Hall–Kier alpha value is -4.22. The van der Waals surface area contributed by atoms with Gasteiger partial charge >= 0.3 is 11.9 Å². The number of rotatable bonds is 60. The Bertz CT molecular complexity index is 1680.